The normalized spacial score (nSPS) is 11.8. The van der Waals surface area contributed by atoms with Crippen molar-refractivity contribution in [2.24, 2.45) is 0 Å². The molecular formula is C11H7F3N2O2. The fraction of sp³-hybridized carbons (Fsp3) is 0.182. The van der Waals surface area contributed by atoms with Gasteiger partial charge < -0.3 is 4.98 Å². The monoisotopic (exact) mass is 256 g/mol. The van der Waals surface area contributed by atoms with Gasteiger partial charge in [0, 0.05) is 11.9 Å². The predicted octanol–water partition coefficient (Wildman–Crippen LogP) is 1.98. The zero-order valence-electron chi connectivity index (χ0n) is 9.13. The summed E-state index contributed by atoms with van der Waals surface area (Å²) >= 11 is 0. The number of halogens is 3. The molecule has 0 aliphatic carbocycles. The highest BCUT2D eigenvalue weighted by Gasteiger charge is 2.40. The number of hydrogen-bond acceptors (Lipinski definition) is 3. The maximum atomic E-state index is 12.3. The minimum Gasteiger partial charge on any atom is -0.345 e. The summed E-state index contributed by atoms with van der Waals surface area (Å²) in [4.78, 5) is 29.2. The van der Waals surface area contributed by atoms with E-state index in [1.807, 2.05) is 0 Å². The van der Waals surface area contributed by atoms with E-state index in [4.69, 9.17) is 0 Å². The highest BCUT2D eigenvalue weighted by atomic mass is 19.4. The Balaban J connectivity index is 2.70. The summed E-state index contributed by atoms with van der Waals surface area (Å²) in [6.45, 7) is 1.67. The molecule has 94 valence electrons. The minimum atomic E-state index is -5.07. The molecule has 0 atom stereocenters. The predicted molar refractivity (Wildman–Crippen MR) is 57.5 cm³/mol. The van der Waals surface area contributed by atoms with E-state index >= 15 is 0 Å². The molecule has 4 nitrogen and oxygen atoms in total. The van der Waals surface area contributed by atoms with Gasteiger partial charge in [-0.3, -0.25) is 9.59 Å². The molecule has 0 aliphatic heterocycles. The van der Waals surface area contributed by atoms with Crippen LogP contribution < -0.4 is 5.43 Å². The number of Topliss-reactive ketones (excluding diaryl/α,β-unsaturated/α-hetero) is 1. The van der Waals surface area contributed by atoms with Crippen molar-refractivity contribution in [1.82, 2.24) is 9.97 Å². The molecule has 2 rings (SSSR count). The molecule has 0 spiro atoms. The third-order valence-corrected chi connectivity index (χ3v) is 2.38. The second-order valence-corrected chi connectivity index (χ2v) is 3.71. The van der Waals surface area contributed by atoms with E-state index in [0.29, 0.717) is 5.69 Å². The Hall–Kier alpha value is -2.18. The first-order valence-electron chi connectivity index (χ1n) is 4.91. The van der Waals surface area contributed by atoms with Gasteiger partial charge in [0.1, 0.15) is 5.65 Å². The van der Waals surface area contributed by atoms with Crippen molar-refractivity contribution in [1.29, 1.82) is 0 Å². The zero-order valence-corrected chi connectivity index (χ0v) is 9.13. The Kier molecular flexibility index (Phi) is 2.68. The van der Waals surface area contributed by atoms with Crippen LogP contribution >= 0.6 is 0 Å². The number of nitrogens with one attached hydrogen (secondary N) is 1. The molecule has 1 N–H and O–H groups in total. The van der Waals surface area contributed by atoms with Crippen LogP contribution in [0.15, 0.2) is 23.1 Å². The number of nitrogens with zero attached hydrogens (tertiary/aromatic N) is 1. The number of rotatable bonds is 1. The van der Waals surface area contributed by atoms with Crippen LogP contribution in [0.1, 0.15) is 16.1 Å². The number of aromatic amines is 1. The molecule has 7 heteroatoms. The number of ketones is 1. The number of fused-ring (bicyclic) bond motifs is 1. The quantitative estimate of drug-likeness (QED) is 0.793. The van der Waals surface area contributed by atoms with Crippen molar-refractivity contribution < 1.29 is 18.0 Å². The summed E-state index contributed by atoms with van der Waals surface area (Å²) in [6, 6.07) is 2.82. The topological polar surface area (TPSA) is 62.8 Å². The van der Waals surface area contributed by atoms with E-state index in [9.17, 15) is 22.8 Å². The number of hydrogen-bond donors (Lipinski definition) is 1. The summed E-state index contributed by atoms with van der Waals surface area (Å²) in [5.74, 6) is -2.16. The Labute approximate surface area is 98.5 Å². The van der Waals surface area contributed by atoms with E-state index in [1.165, 1.54) is 12.1 Å². The summed E-state index contributed by atoms with van der Waals surface area (Å²) in [5, 5.41) is -0.0456. The molecule has 0 radical (unpaired) electrons. The third-order valence-electron chi connectivity index (χ3n) is 2.38. The van der Waals surface area contributed by atoms with Gasteiger partial charge in [-0.25, -0.2) is 4.98 Å². The number of pyridine rings is 2. The van der Waals surface area contributed by atoms with Crippen LogP contribution in [0.4, 0.5) is 13.2 Å². The van der Waals surface area contributed by atoms with Crippen LogP contribution in [0.3, 0.4) is 0 Å². The van der Waals surface area contributed by atoms with Crippen LogP contribution in [-0.4, -0.2) is 21.9 Å². The maximum absolute atomic E-state index is 12.3. The minimum absolute atomic E-state index is 0.0456. The first-order valence-corrected chi connectivity index (χ1v) is 4.91. The van der Waals surface area contributed by atoms with Gasteiger partial charge in [-0.1, -0.05) is 0 Å². The molecule has 0 amide bonds. The molecule has 18 heavy (non-hydrogen) atoms. The van der Waals surface area contributed by atoms with Gasteiger partial charge in [-0.05, 0) is 19.1 Å². The lowest BCUT2D eigenvalue weighted by molar-refractivity contribution is -0.0886. The average molecular weight is 256 g/mol. The smallest absolute Gasteiger partial charge is 0.345 e. The van der Waals surface area contributed by atoms with Gasteiger partial charge in [0.25, 0.3) is 5.78 Å². The molecule has 0 saturated heterocycles. The lowest BCUT2D eigenvalue weighted by atomic mass is 10.1. The standard InChI is InChI=1S/C11H7F3N2O2/c1-5-2-3-6-8(17)7(4-15-10(6)16-5)9(18)11(12,13)14/h2-4H,1H3,(H,15,16,17). The van der Waals surface area contributed by atoms with E-state index in [1.54, 1.807) is 6.92 Å². The maximum Gasteiger partial charge on any atom is 0.455 e. The summed E-state index contributed by atoms with van der Waals surface area (Å²) in [7, 11) is 0. The lowest BCUT2D eigenvalue weighted by Crippen LogP contribution is -2.28. The van der Waals surface area contributed by atoms with E-state index < -0.39 is 23.0 Å². The second kappa shape index (κ2) is 3.94. The molecule has 0 unspecified atom stereocenters. The van der Waals surface area contributed by atoms with Crippen molar-refractivity contribution in [3.05, 3.63) is 39.8 Å². The Morgan fingerprint density at radius 3 is 2.61 bits per heavy atom. The molecule has 0 saturated carbocycles. The average Bonchev–Trinajstić information content (AvgIpc) is 2.27. The molecule has 2 heterocycles. The van der Waals surface area contributed by atoms with Gasteiger partial charge in [-0.2, -0.15) is 13.2 Å². The molecule has 0 aliphatic rings. The summed E-state index contributed by atoms with van der Waals surface area (Å²) < 4.78 is 36.8. The van der Waals surface area contributed by atoms with Crippen molar-refractivity contribution >= 4 is 16.8 Å². The zero-order chi connectivity index (χ0) is 13.5. The van der Waals surface area contributed by atoms with Crippen LogP contribution in [0.2, 0.25) is 0 Å². The van der Waals surface area contributed by atoms with E-state index in [-0.39, 0.29) is 11.0 Å². The molecule has 0 aromatic carbocycles. The van der Waals surface area contributed by atoms with Crippen molar-refractivity contribution in [2.45, 2.75) is 13.1 Å². The number of carbonyl (C=O) groups excluding carboxylic acids is 1. The van der Waals surface area contributed by atoms with E-state index in [2.05, 4.69) is 9.97 Å². The largest absolute Gasteiger partial charge is 0.455 e. The first-order chi connectivity index (χ1) is 8.30. The lowest BCUT2D eigenvalue weighted by Gasteiger charge is -2.05. The van der Waals surface area contributed by atoms with E-state index in [0.717, 1.165) is 6.20 Å². The number of carbonyl (C=O) groups is 1. The highest BCUT2D eigenvalue weighted by Crippen LogP contribution is 2.20. The van der Waals surface area contributed by atoms with Gasteiger partial charge in [0.15, 0.2) is 0 Å². The summed E-state index contributed by atoms with van der Waals surface area (Å²) in [6.07, 6.45) is -4.33. The molecule has 0 fully saturated rings. The Morgan fingerprint density at radius 2 is 2.00 bits per heavy atom. The number of H-pyrrole nitrogens is 1. The van der Waals surface area contributed by atoms with Crippen LogP contribution in [-0.2, 0) is 0 Å². The van der Waals surface area contributed by atoms with Crippen molar-refractivity contribution in [3.63, 3.8) is 0 Å². The SMILES string of the molecule is Cc1ccc2c(=O)c(C(=O)C(F)(F)F)c[nH]c2n1. The van der Waals surface area contributed by atoms with Gasteiger partial charge in [0.05, 0.1) is 10.9 Å². The van der Waals surface area contributed by atoms with Gasteiger partial charge in [-0.15, -0.1) is 0 Å². The highest BCUT2D eigenvalue weighted by molar-refractivity contribution is 6.01. The van der Waals surface area contributed by atoms with Crippen molar-refractivity contribution in [2.75, 3.05) is 0 Å². The van der Waals surface area contributed by atoms with Crippen LogP contribution in [0, 0.1) is 6.92 Å². The fourth-order valence-electron chi connectivity index (χ4n) is 1.52. The Morgan fingerprint density at radius 1 is 1.33 bits per heavy atom. The molecular weight excluding hydrogens is 249 g/mol. The van der Waals surface area contributed by atoms with Crippen LogP contribution in [0.25, 0.3) is 11.0 Å². The van der Waals surface area contributed by atoms with Crippen molar-refractivity contribution in [3.8, 4) is 0 Å². The number of alkyl halides is 3. The second-order valence-electron chi connectivity index (χ2n) is 3.71. The molecule has 2 aromatic heterocycles. The molecule has 2 aromatic rings. The first kappa shape index (κ1) is 12.3. The Bertz CT molecular complexity index is 689. The molecule has 0 bridgehead atoms. The number of aromatic nitrogens is 2. The third kappa shape index (κ3) is 1.99. The van der Waals surface area contributed by atoms with Gasteiger partial charge >= 0.3 is 6.18 Å². The van der Waals surface area contributed by atoms with Gasteiger partial charge in [0.2, 0.25) is 5.43 Å². The summed E-state index contributed by atoms with van der Waals surface area (Å²) in [5.41, 5.74) is -1.15. The van der Waals surface area contributed by atoms with Crippen LogP contribution in [0.5, 0.6) is 0 Å². The fourth-order valence-corrected chi connectivity index (χ4v) is 1.52. The number of aryl methyl sites for hydroxylation is 1.